The zero-order valence-corrected chi connectivity index (χ0v) is 21.0. The second-order valence-electron chi connectivity index (χ2n) is 10.0. The average Bonchev–Trinajstić information content (AvgIpc) is 3.21. The first-order chi connectivity index (χ1) is 16.8. The van der Waals surface area contributed by atoms with Crippen LogP contribution in [0.4, 0.5) is 0 Å². The molecule has 0 heterocycles. The second-order valence-corrected chi connectivity index (χ2v) is 10.0. The van der Waals surface area contributed by atoms with Gasteiger partial charge < -0.3 is 14.6 Å². The Morgan fingerprint density at radius 3 is 2.49 bits per heavy atom. The summed E-state index contributed by atoms with van der Waals surface area (Å²) in [6.45, 7) is 6.99. The Hall–Kier alpha value is -3.53. The lowest BCUT2D eigenvalue weighted by Gasteiger charge is -2.25. The zero-order chi connectivity index (χ0) is 25.0. The van der Waals surface area contributed by atoms with Crippen molar-refractivity contribution < 1.29 is 19.4 Å². The van der Waals surface area contributed by atoms with Crippen LogP contribution >= 0.6 is 0 Å². The number of hydrogen-bond donors (Lipinski definition) is 1. The molecule has 1 aliphatic rings. The first-order valence-electron chi connectivity index (χ1n) is 12.2. The van der Waals surface area contributed by atoms with Gasteiger partial charge in [-0.05, 0) is 87.9 Å². The van der Waals surface area contributed by atoms with Crippen molar-refractivity contribution in [1.82, 2.24) is 0 Å². The largest absolute Gasteiger partial charge is 0.497 e. The summed E-state index contributed by atoms with van der Waals surface area (Å²) in [5, 5.41) is 9.11. The van der Waals surface area contributed by atoms with Gasteiger partial charge in [-0.3, -0.25) is 4.79 Å². The lowest BCUT2D eigenvalue weighted by atomic mass is 9.79. The molecule has 0 fully saturated rings. The van der Waals surface area contributed by atoms with Gasteiger partial charge in [0.25, 0.3) is 0 Å². The van der Waals surface area contributed by atoms with Gasteiger partial charge >= 0.3 is 5.97 Å². The van der Waals surface area contributed by atoms with Crippen molar-refractivity contribution >= 4 is 11.5 Å². The van der Waals surface area contributed by atoms with Crippen LogP contribution in [0.3, 0.4) is 0 Å². The molecule has 1 N–H and O–H groups in total. The molecule has 4 nitrogen and oxygen atoms in total. The van der Waals surface area contributed by atoms with Gasteiger partial charge in [0.2, 0.25) is 0 Å². The smallest absolute Gasteiger partial charge is 0.303 e. The third-order valence-electron chi connectivity index (χ3n) is 6.92. The Kier molecular flexibility index (Phi) is 7.30. The molecule has 0 saturated heterocycles. The number of carboxylic acids is 1. The van der Waals surface area contributed by atoms with Crippen molar-refractivity contribution in [2.75, 3.05) is 7.11 Å². The highest BCUT2D eigenvalue weighted by molar-refractivity contribution is 5.85. The summed E-state index contributed by atoms with van der Waals surface area (Å²) in [6, 6.07) is 22.5. The number of carbonyl (C=O) groups is 1. The highest BCUT2D eigenvalue weighted by atomic mass is 16.5. The third-order valence-corrected chi connectivity index (χ3v) is 6.92. The fourth-order valence-electron chi connectivity index (χ4n) is 4.87. The van der Waals surface area contributed by atoms with E-state index in [0.29, 0.717) is 6.61 Å². The van der Waals surface area contributed by atoms with Gasteiger partial charge in [0.15, 0.2) is 0 Å². The molecule has 0 aliphatic heterocycles. The van der Waals surface area contributed by atoms with Crippen molar-refractivity contribution in [1.29, 1.82) is 0 Å². The van der Waals surface area contributed by atoms with Crippen molar-refractivity contribution in [2.45, 2.75) is 52.6 Å². The van der Waals surface area contributed by atoms with Crippen LogP contribution in [-0.2, 0) is 11.4 Å². The highest BCUT2D eigenvalue weighted by Crippen LogP contribution is 2.47. The van der Waals surface area contributed by atoms with E-state index in [1.165, 1.54) is 16.7 Å². The number of rotatable bonds is 9. The van der Waals surface area contributed by atoms with E-state index in [-0.39, 0.29) is 17.8 Å². The van der Waals surface area contributed by atoms with Crippen LogP contribution in [0.2, 0.25) is 0 Å². The van der Waals surface area contributed by atoms with E-state index >= 15 is 0 Å². The van der Waals surface area contributed by atoms with E-state index in [4.69, 9.17) is 14.6 Å². The quantitative estimate of drug-likeness (QED) is 0.348. The number of carboxylic acid groups (broad SMARTS) is 1. The number of methoxy groups -OCH3 is 1. The summed E-state index contributed by atoms with van der Waals surface area (Å²) in [5.41, 5.74) is 7.12. The molecule has 0 aromatic heterocycles. The summed E-state index contributed by atoms with van der Waals surface area (Å²) < 4.78 is 11.6. The molecule has 1 aliphatic carbocycles. The zero-order valence-electron chi connectivity index (χ0n) is 21.0. The van der Waals surface area contributed by atoms with Crippen LogP contribution in [0.25, 0.3) is 16.7 Å². The van der Waals surface area contributed by atoms with Crippen LogP contribution in [-0.4, -0.2) is 18.2 Å². The van der Waals surface area contributed by atoms with Gasteiger partial charge in [0, 0.05) is 0 Å². The lowest BCUT2D eigenvalue weighted by molar-refractivity contribution is -0.137. The van der Waals surface area contributed by atoms with E-state index in [1.807, 2.05) is 43.3 Å². The molecular weight excluding hydrogens is 436 g/mol. The summed E-state index contributed by atoms with van der Waals surface area (Å²) in [6.07, 6.45) is 4.70. The minimum atomic E-state index is -0.795. The standard InChI is InChI=1S/C31H34O4/c1-21(16-30(32)33)23-8-5-11-26(18-23)35-20-22-13-14-27(24-9-6-10-25(19-24)34-4)28(17-22)29-12-7-15-31(29,2)3/h5-6,8-14,17-19,21H,7,15-16,20H2,1-4H3,(H,32,33)/t21-/m1/s1. The lowest BCUT2D eigenvalue weighted by Crippen LogP contribution is -2.10. The third kappa shape index (κ3) is 5.76. The SMILES string of the molecule is COc1cccc(-c2ccc(COc3cccc([C@H](C)CC(=O)O)c3)cc2C2=CCCC2(C)C)c1. The van der Waals surface area contributed by atoms with Crippen LogP contribution in [0, 0.1) is 5.41 Å². The summed E-state index contributed by atoms with van der Waals surface area (Å²) >= 11 is 0. The number of allylic oxidation sites excluding steroid dienone is 2. The normalized spacial score (nSPS) is 15.4. The molecule has 1 atom stereocenters. The van der Waals surface area contributed by atoms with Crippen LogP contribution in [0.1, 0.15) is 62.6 Å². The van der Waals surface area contributed by atoms with E-state index in [1.54, 1.807) is 7.11 Å². The summed E-state index contributed by atoms with van der Waals surface area (Å²) in [5.74, 6) is 0.731. The fraction of sp³-hybridized carbons (Fsp3) is 0.323. The number of benzene rings is 3. The molecule has 0 bridgehead atoms. The molecule has 3 aromatic rings. The number of aliphatic carboxylic acids is 1. The van der Waals surface area contributed by atoms with Gasteiger partial charge in [-0.2, -0.15) is 0 Å². The maximum Gasteiger partial charge on any atom is 0.303 e. The maximum absolute atomic E-state index is 11.1. The Bertz CT molecular complexity index is 1240. The van der Waals surface area contributed by atoms with Crippen LogP contribution < -0.4 is 9.47 Å². The van der Waals surface area contributed by atoms with Crippen molar-refractivity contribution in [3.05, 3.63) is 89.5 Å². The first-order valence-corrected chi connectivity index (χ1v) is 12.2. The van der Waals surface area contributed by atoms with E-state index in [2.05, 4.69) is 50.3 Å². The molecule has 4 rings (SSSR count). The predicted molar refractivity (Wildman–Crippen MR) is 141 cm³/mol. The molecule has 182 valence electrons. The minimum absolute atomic E-state index is 0.0682. The molecule has 0 radical (unpaired) electrons. The van der Waals surface area contributed by atoms with Crippen molar-refractivity contribution in [3.63, 3.8) is 0 Å². The molecule has 0 unspecified atom stereocenters. The van der Waals surface area contributed by atoms with Crippen molar-refractivity contribution in [3.8, 4) is 22.6 Å². The Balaban J connectivity index is 1.63. The van der Waals surface area contributed by atoms with Gasteiger partial charge in [0.05, 0.1) is 13.5 Å². The van der Waals surface area contributed by atoms with Gasteiger partial charge in [0.1, 0.15) is 18.1 Å². The van der Waals surface area contributed by atoms with Gasteiger partial charge in [-0.1, -0.05) is 63.2 Å². The maximum atomic E-state index is 11.1. The second kappa shape index (κ2) is 10.4. The Morgan fingerprint density at radius 1 is 1.00 bits per heavy atom. The summed E-state index contributed by atoms with van der Waals surface area (Å²) in [4.78, 5) is 11.1. The van der Waals surface area contributed by atoms with E-state index in [9.17, 15) is 4.79 Å². The molecule has 0 amide bonds. The Labute approximate surface area is 208 Å². The average molecular weight is 471 g/mol. The highest BCUT2D eigenvalue weighted by Gasteiger charge is 2.30. The first kappa shape index (κ1) is 24.6. The molecule has 35 heavy (non-hydrogen) atoms. The monoisotopic (exact) mass is 470 g/mol. The summed E-state index contributed by atoms with van der Waals surface area (Å²) in [7, 11) is 1.69. The van der Waals surface area contributed by atoms with Gasteiger partial charge in [-0.25, -0.2) is 0 Å². The van der Waals surface area contributed by atoms with Gasteiger partial charge in [-0.15, -0.1) is 0 Å². The molecule has 4 heteroatoms. The van der Waals surface area contributed by atoms with Crippen LogP contribution in [0.5, 0.6) is 11.5 Å². The minimum Gasteiger partial charge on any atom is -0.497 e. The predicted octanol–water partition coefficient (Wildman–Crippen LogP) is 7.72. The number of ether oxygens (including phenoxy) is 2. The van der Waals surface area contributed by atoms with E-state index < -0.39 is 5.97 Å². The van der Waals surface area contributed by atoms with Crippen LogP contribution in [0.15, 0.2) is 72.8 Å². The Morgan fingerprint density at radius 2 is 1.77 bits per heavy atom. The molecule has 3 aromatic carbocycles. The topological polar surface area (TPSA) is 55.8 Å². The molecule has 0 saturated carbocycles. The molecule has 0 spiro atoms. The fourth-order valence-corrected chi connectivity index (χ4v) is 4.87. The van der Waals surface area contributed by atoms with E-state index in [0.717, 1.165) is 41.0 Å². The van der Waals surface area contributed by atoms with Crippen molar-refractivity contribution in [2.24, 2.45) is 5.41 Å². The number of hydrogen-bond acceptors (Lipinski definition) is 3. The molecular formula is C31H34O4.